The average molecular weight is 161 g/mol. The number of hydrogen-bond donors (Lipinski definition) is 0. The lowest BCUT2D eigenvalue weighted by Gasteiger charge is -1.92. The van der Waals surface area contributed by atoms with Crippen LogP contribution in [-0.2, 0) is 0 Å². The molecule has 0 aliphatic carbocycles. The molecule has 0 amide bonds. The molecule has 0 saturated carbocycles. The highest BCUT2D eigenvalue weighted by Crippen LogP contribution is 1.94. The molecule has 0 bridgehead atoms. The zero-order valence-corrected chi connectivity index (χ0v) is 10.9. The van der Waals surface area contributed by atoms with Gasteiger partial charge in [-0.3, -0.25) is 0 Å². The number of rotatable bonds is 5. The molecule has 0 unspecified atom stereocenters. The second kappa shape index (κ2) is 7.65. The van der Waals surface area contributed by atoms with Gasteiger partial charge in [-0.15, -0.1) is 0 Å². The first-order valence-electron chi connectivity index (χ1n) is 3.73. The minimum atomic E-state index is 0.477. The standard InChI is InChI=1S/C5H17Si3/c1-2-3-4-5-7-8-6/h5H,2-4,7-8H2,1,6H3. The van der Waals surface area contributed by atoms with Crippen LogP contribution in [0.15, 0.2) is 0 Å². The van der Waals surface area contributed by atoms with Gasteiger partial charge in [0.2, 0.25) is 0 Å². The summed E-state index contributed by atoms with van der Waals surface area (Å²) in [5.41, 5.74) is 0. The average Bonchev–Trinajstić information content (AvgIpc) is 1.81. The minimum Gasteiger partial charge on any atom is -0.0654 e. The summed E-state index contributed by atoms with van der Waals surface area (Å²) in [6.45, 7) is 2.27. The first kappa shape index (κ1) is 8.65. The van der Waals surface area contributed by atoms with E-state index in [4.69, 9.17) is 0 Å². The third-order valence-corrected chi connectivity index (χ3v) is 10.8. The molecule has 0 atom stereocenters. The lowest BCUT2D eigenvalue weighted by Crippen LogP contribution is -2.03. The molecule has 0 fully saturated rings. The molecule has 0 N–H and O–H groups in total. The van der Waals surface area contributed by atoms with Crippen LogP contribution in [0.4, 0.5) is 0 Å². The van der Waals surface area contributed by atoms with Crippen LogP contribution in [0.2, 0.25) is 0 Å². The van der Waals surface area contributed by atoms with E-state index in [2.05, 4.69) is 13.0 Å². The molecular weight excluding hydrogens is 144 g/mol. The van der Waals surface area contributed by atoms with Gasteiger partial charge in [0.05, 0.1) is 0 Å². The molecule has 0 aliphatic rings. The van der Waals surface area contributed by atoms with Crippen molar-refractivity contribution in [3.05, 3.63) is 6.04 Å². The maximum Gasteiger partial charge on any atom is 0.00837 e. The van der Waals surface area contributed by atoms with E-state index < -0.39 is 0 Å². The Bertz CT molecular complexity index is 32.7. The van der Waals surface area contributed by atoms with Gasteiger partial charge in [0.15, 0.2) is 0 Å². The predicted molar refractivity (Wildman–Crippen MR) is 50.9 cm³/mol. The third kappa shape index (κ3) is 6.65. The Labute approximate surface area is 60.1 Å². The van der Waals surface area contributed by atoms with Crippen molar-refractivity contribution < 1.29 is 0 Å². The molecule has 8 heavy (non-hydrogen) atoms. The van der Waals surface area contributed by atoms with Crippen molar-refractivity contribution in [1.82, 2.24) is 0 Å². The Morgan fingerprint density at radius 1 is 1.62 bits per heavy atom. The van der Waals surface area contributed by atoms with Crippen molar-refractivity contribution >= 4 is 27.4 Å². The van der Waals surface area contributed by atoms with Crippen molar-refractivity contribution in [1.29, 1.82) is 0 Å². The highest BCUT2D eigenvalue weighted by Gasteiger charge is 1.85. The summed E-state index contributed by atoms with van der Waals surface area (Å²) in [7, 11) is 2.66. The smallest absolute Gasteiger partial charge is 0.00837 e. The monoisotopic (exact) mass is 161 g/mol. The first-order valence-corrected chi connectivity index (χ1v) is 14.2. The molecular formula is C5H17Si3. The lowest BCUT2D eigenvalue weighted by molar-refractivity contribution is 0.804. The van der Waals surface area contributed by atoms with Gasteiger partial charge in [-0.05, 0) is 18.3 Å². The minimum absolute atomic E-state index is 0.477. The molecule has 0 aromatic rings. The Kier molecular flexibility index (Phi) is 8.27. The fourth-order valence-corrected chi connectivity index (χ4v) is 7.45. The van der Waals surface area contributed by atoms with E-state index in [1.165, 1.54) is 19.3 Å². The highest BCUT2D eigenvalue weighted by molar-refractivity contribution is 7.24. The van der Waals surface area contributed by atoms with Crippen LogP contribution in [0, 0.1) is 6.04 Å². The van der Waals surface area contributed by atoms with E-state index in [1.54, 1.807) is 9.76 Å². The molecule has 3 heteroatoms. The maximum absolute atomic E-state index is 2.63. The van der Waals surface area contributed by atoms with Gasteiger partial charge in [-0.2, -0.15) is 0 Å². The van der Waals surface area contributed by atoms with Gasteiger partial charge < -0.3 is 0 Å². The van der Waals surface area contributed by atoms with Crippen molar-refractivity contribution in [2.24, 2.45) is 0 Å². The fraction of sp³-hybridized carbons (Fsp3) is 0.800. The SMILES string of the molecule is CCCC[CH][SiH2][SiH2][SiH3]. The quantitative estimate of drug-likeness (QED) is 0.354. The van der Waals surface area contributed by atoms with E-state index >= 15 is 0 Å². The fourth-order valence-electron chi connectivity index (χ4n) is 0.697. The van der Waals surface area contributed by atoms with Gasteiger partial charge in [-0.1, -0.05) is 32.2 Å². The van der Waals surface area contributed by atoms with E-state index in [1.807, 2.05) is 0 Å². The molecule has 0 heterocycles. The highest BCUT2D eigenvalue weighted by atomic mass is 29.5. The van der Waals surface area contributed by atoms with Crippen LogP contribution in [0.1, 0.15) is 26.2 Å². The van der Waals surface area contributed by atoms with Crippen molar-refractivity contribution in [3.63, 3.8) is 0 Å². The van der Waals surface area contributed by atoms with Gasteiger partial charge in [0, 0.05) is 9.04 Å². The van der Waals surface area contributed by atoms with Crippen molar-refractivity contribution in [3.8, 4) is 0 Å². The van der Waals surface area contributed by atoms with Gasteiger partial charge >= 0.3 is 0 Å². The zero-order valence-electron chi connectivity index (χ0n) is 6.11. The molecule has 49 valence electrons. The second-order valence-electron chi connectivity index (χ2n) is 2.22. The van der Waals surface area contributed by atoms with E-state index in [-0.39, 0.29) is 0 Å². The summed E-state index contributed by atoms with van der Waals surface area (Å²) in [6.07, 6.45) is 4.27. The van der Waals surface area contributed by atoms with E-state index in [0.29, 0.717) is 17.6 Å². The van der Waals surface area contributed by atoms with Gasteiger partial charge in [0.25, 0.3) is 0 Å². The summed E-state index contributed by atoms with van der Waals surface area (Å²) in [4.78, 5) is 0. The Balaban J connectivity index is 2.53. The molecule has 0 spiro atoms. The molecule has 0 nitrogen and oxygen atoms in total. The Morgan fingerprint density at radius 3 is 2.88 bits per heavy atom. The van der Waals surface area contributed by atoms with E-state index in [0.717, 1.165) is 0 Å². The zero-order chi connectivity index (χ0) is 6.24. The molecule has 1 radical (unpaired) electrons. The largest absolute Gasteiger partial charge is 0.0654 e. The second-order valence-corrected chi connectivity index (χ2v) is 18.1. The van der Waals surface area contributed by atoms with Crippen LogP contribution >= 0.6 is 0 Å². The summed E-state index contributed by atoms with van der Waals surface area (Å²) in [5.74, 6) is 0. The summed E-state index contributed by atoms with van der Waals surface area (Å²) < 4.78 is 0. The first-order chi connectivity index (χ1) is 3.91. The van der Waals surface area contributed by atoms with Crippen LogP contribution in [0.25, 0.3) is 0 Å². The van der Waals surface area contributed by atoms with Crippen molar-refractivity contribution in [2.45, 2.75) is 26.2 Å². The summed E-state index contributed by atoms with van der Waals surface area (Å²) in [6, 6.07) is 2.63. The predicted octanol–water partition coefficient (Wildman–Crippen LogP) is -1.13. The molecule has 0 aromatic carbocycles. The molecule has 0 saturated heterocycles. The van der Waals surface area contributed by atoms with Crippen molar-refractivity contribution in [2.75, 3.05) is 0 Å². The number of unbranched alkanes of at least 4 members (excludes halogenated alkanes) is 2. The molecule has 0 rings (SSSR count). The van der Waals surface area contributed by atoms with Crippen LogP contribution < -0.4 is 0 Å². The summed E-state index contributed by atoms with van der Waals surface area (Å²) >= 11 is 0. The third-order valence-electron chi connectivity index (χ3n) is 1.25. The van der Waals surface area contributed by atoms with Crippen LogP contribution in [0.3, 0.4) is 0 Å². The number of hydrogen-bond acceptors (Lipinski definition) is 0. The van der Waals surface area contributed by atoms with Crippen LogP contribution in [-0.4, -0.2) is 27.4 Å². The Hall–Kier alpha value is 0.651. The lowest BCUT2D eigenvalue weighted by atomic mass is 10.3. The van der Waals surface area contributed by atoms with Gasteiger partial charge in [0.1, 0.15) is 0 Å². The summed E-state index contributed by atoms with van der Waals surface area (Å²) in [5, 5.41) is 0. The molecule has 0 aromatic heterocycles. The van der Waals surface area contributed by atoms with Crippen LogP contribution in [0.5, 0.6) is 0 Å². The van der Waals surface area contributed by atoms with E-state index in [9.17, 15) is 0 Å². The Morgan fingerprint density at radius 2 is 2.38 bits per heavy atom. The van der Waals surface area contributed by atoms with Gasteiger partial charge in [-0.25, -0.2) is 0 Å². The molecule has 0 aliphatic heterocycles. The topological polar surface area (TPSA) is 0 Å². The normalized spacial score (nSPS) is 13.1. The maximum atomic E-state index is 2.63.